The summed E-state index contributed by atoms with van der Waals surface area (Å²) in [6, 6.07) is -2.37. The SMILES string of the molecule is CCN(CC)C(=O)CCCCCCCCC(=O)N1[C@@H](C(=O)OC)C23c4c5c6c7c8c9c(c%10c%11c2c2c4c4c%12c5c5c6c6c8c8c%13c9c9c%10c%10c%11c%11c2c2c4c4c%12c%12c5c5c6c8c6c8c%13c9c9c%10c%10c%11c2c2c4c4c%12c5c6c5c8c9c%10c2c45)C73[C@H]1C(=O)OC. The van der Waals surface area contributed by atoms with Gasteiger partial charge in [-0.2, -0.15) is 0 Å². The highest BCUT2D eigenvalue weighted by atomic mass is 16.5. The Morgan fingerprint density at radius 1 is 0.295 bits per heavy atom. The average molecular weight is 1120 g/mol. The standard InChI is InChI=1S/C80H34N2O6/c1-5-81(6-2)15(83)13-11-9-7-8-10-12-14-16(84)82-75(77(85)87-3)79-71-63-55-45-35-27-19-17-18-21-25-23(19)31-39-33(25)43-37-29(21)30-22(18)26-24-20(17)28(27)36-42-32(24)40-34(26)44-38(30)48-47(37)57-51(43)61-53(39)59(49(55)41(31)35)67(71)69(61)73-65(57)66-58(48)52(44)62-54(40)60-50(42)56(46(36)45)64(63)72(79)68(60)70(62)74(66)80(73,79)76(82)78(86)88-4/h75-76H,5-14H2,1-4H3/t75-,76+,79?,80?. The van der Waals surface area contributed by atoms with E-state index in [2.05, 4.69) is 0 Å². The highest BCUT2D eigenvalue weighted by Crippen LogP contribution is 2.87. The number of methoxy groups -OCH3 is 2. The van der Waals surface area contributed by atoms with Crippen molar-refractivity contribution in [1.82, 2.24) is 9.80 Å². The monoisotopic (exact) mass is 1120 g/mol. The summed E-state index contributed by atoms with van der Waals surface area (Å²) in [5, 5.41) is 77.2. The first-order valence-corrected chi connectivity index (χ1v) is 32.9. The van der Waals surface area contributed by atoms with Crippen molar-refractivity contribution >= 4 is 315 Å². The van der Waals surface area contributed by atoms with Gasteiger partial charge in [0.15, 0.2) is 0 Å². The van der Waals surface area contributed by atoms with Crippen molar-refractivity contribution in [1.29, 1.82) is 0 Å². The Morgan fingerprint density at radius 2 is 0.477 bits per heavy atom. The maximum atomic E-state index is 16.8. The predicted octanol–water partition coefficient (Wildman–Crippen LogP) is 18.2. The van der Waals surface area contributed by atoms with Crippen LogP contribution in [-0.4, -0.2) is 72.9 Å². The number of rotatable bonds is 13. The van der Waals surface area contributed by atoms with E-state index in [9.17, 15) is 4.79 Å². The van der Waals surface area contributed by atoms with E-state index in [-0.39, 0.29) is 18.2 Å². The summed E-state index contributed by atoms with van der Waals surface area (Å²) in [6.07, 6.45) is 5.91. The minimum absolute atomic E-state index is 0.174. The second-order valence-corrected chi connectivity index (χ2v) is 30.2. The van der Waals surface area contributed by atoms with Gasteiger partial charge in [0.25, 0.3) is 0 Å². The Bertz CT molecular complexity index is 7260. The van der Waals surface area contributed by atoms with Gasteiger partial charge in [0, 0.05) is 25.9 Å². The molecular formula is C80H34N2O6. The van der Waals surface area contributed by atoms with Gasteiger partial charge in [-0.25, -0.2) is 9.59 Å². The van der Waals surface area contributed by atoms with Gasteiger partial charge in [-0.1, -0.05) is 25.7 Å². The number of unbranched alkanes of at least 4 members (excludes halogenated alkanes) is 5. The Balaban J connectivity index is 0.855. The molecule has 0 bridgehead atoms. The fourth-order valence-electron chi connectivity index (χ4n) is 28.1. The zero-order valence-corrected chi connectivity index (χ0v) is 47.6. The molecule has 400 valence electrons. The van der Waals surface area contributed by atoms with Crippen molar-refractivity contribution in [3.8, 4) is 0 Å². The van der Waals surface area contributed by atoms with Gasteiger partial charge in [0.1, 0.15) is 12.1 Å². The van der Waals surface area contributed by atoms with Gasteiger partial charge in [-0.3, -0.25) is 9.59 Å². The first-order chi connectivity index (χ1) is 43.4. The number of hydrogen-bond acceptors (Lipinski definition) is 6. The Morgan fingerprint density at radius 3 is 0.670 bits per heavy atom. The van der Waals surface area contributed by atoms with Crippen molar-refractivity contribution in [2.45, 2.75) is 88.1 Å². The van der Waals surface area contributed by atoms with Gasteiger partial charge in [0.05, 0.1) is 25.0 Å². The van der Waals surface area contributed by atoms with Crippen LogP contribution in [0.1, 0.15) is 87.5 Å². The number of carbonyl (C=O) groups is 4. The number of ether oxygens (including phenoxy) is 2. The van der Waals surface area contributed by atoms with E-state index in [0.717, 1.165) is 45.2 Å². The Kier molecular flexibility index (Phi) is 4.45. The number of carbonyl (C=O) groups excluding carboxylic acids is 4. The third kappa shape index (κ3) is 2.48. The quantitative estimate of drug-likeness (QED) is 0.0649. The molecule has 5 aliphatic rings. The van der Waals surface area contributed by atoms with E-state index < -0.39 is 34.9 Å². The Hall–Kier alpha value is -9.66. The van der Waals surface area contributed by atoms with E-state index in [0.29, 0.717) is 12.8 Å². The Labute approximate surface area is 488 Å². The summed E-state index contributed by atoms with van der Waals surface area (Å²) < 4.78 is 12.9. The van der Waals surface area contributed by atoms with E-state index in [1.165, 1.54) is 317 Å². The van der Waals surface area contributed by atoms with Crippen LogP contribution in [-0.2, 0) is 39.5 Å². The first kappa shape index (κ1) is 39.2. The summed E-state index contributed by atoms with van der Waals surface area (Å²) in [4.78, 5) is 66.9. The topological polar surface area (TPSA) is 93.2 Å². The smallest absolute Gasteiger partial charge is 0.329 e. The van der Waals surface area contributed by atoms with Gasteiger partial charge >= 0.3 is 11.9 Å². The zero-order valence-electron chi connectivity index (χ0n) is 47.6. The summed E-state index contributed by atoms with van der Waals surface area (Å²) in [5.74, 6) is -0.849. The molecule has 2 amide bonds. The number of nitrogens with zero attached hydrogens (tertiary/aromatic N) is 2. The zero-order chi connectivity index (χ0) is 55.6. The molecule has 0 radical (unpaired) electrons. The lowest BCUT2D eigenvalue weighted by atomic mass is 9.46. The van der Waals surface area contributed by atoms with Gasteiger partial charge < -0.3 is 19.3 Å². The van der Waals surface area contributed by atoms with Crippen LogP contribution < -0.4 is 0 Å². The number of esters is 2. The van der Waals surface area contributed by atoms with Crippen LogP contribution in [0, 0.1) is 0 Å². The van der Waals surface area contributed by atoms with Crippen molar-refractivity contribution in [3.05, 3.63) is 22.3 Å². The predicted molar refractivity (Wildman–Crippen MR) is 357 cm³/mol. The number of hydrogen-bond donors (Lipinski definition) is 0. The molecule has 4 aliphatic carbocycles. The van der Waals surface area contributed by atoms with E-state index in [1.807, 2.05) is 23.6 Å². The van der Waals surface area contributed by atoms with Crippen LogP contribution >= 0.6 is 0 Å². The molecule has 0 saturated carbocycles. The summed E-state index contributed by atoms with van der Waals surface area (Å²) in [7, 11) is 3.06. The molecule has 33 rings (SSSR count). The van der Waals surface area contributed by atoms with Crippen LogP contribution in [0.25, 0.3) is 291 Å². The van der Waals surface area contributed by atoms with E-state index in [4.69, 9.17) is 9.47 Å². The molecule has 8 heteroatoms. The molecule has 28 aromatic carbocycles. The van der Waals surface area contributed by atoms with Crippen LogP contribution in [0.5, 0.6) is 0 Å². The first-order valence-electron chi connectivity index (χ1n) is 32.9. The lowest BCUT2D eigenvalue weighted by molar-refractivity contribution is -0.159. The highest BCUT2D eigenvalue weighted by Gasteiger charge is 2.83. The molecule has 0 unspecified atom stereocenters. The third-order valence-corrected chi connectivity index (χ3v) is 29.1. The van der Waals surface area contributed by atoms with Crippen molar-refractivity contribution in [3.63, 3.8) is 0 Å². The fraction of sp³-hybridized carbons (Fsp3) is 0.225. The second-order valence-electron chi connectivity index (χ2n) is 30.2. The molecule has 8 nitrogen and oxygen atoms in total. The molecule has 88 heavy (non-hydrogen) atoms. The van der Waals surface area contributed by atoms with Crippen LogP contribution in [0.4, 0.5) is 0 Å². The summed E-state index contributed by atoms with van der Waals surface area (Å²) in [6.45, 7) is 5.55. The molecule has 2 spiro atoms. The lowest BCUT2D eigenvalue weighted by Gasteiger charge is -2.51. The molecular weight excluding hydrogens is 1080 g/mol. The molecule has 2 atom stereocenters. The van der Waals surface area contributed by atoms with Crippen molar-refractivity contribution in [2.75, 3.05) is 27.3 Å². The van der Waals surface area contributed by atoms with Gasteiger partial charge in [-0.15, -0.1) is 0 Å². The molecule has 1 heterocycles. The molecule has 28 aromatic rings. The normalized spacial score (nSPS) is 21.9. The molecule has 1 fully saturated rings. The summed E-state index contributed by atoms with van der Waals surface area (Å²) >= 11 is 0. The molecule has 0 N–H and O–H groups in total. The van der Waals surface area contributed by atoms with Crippen LogP contribution in [0.15, 0.2) is 0 Å². The van der Waals surface area contributed by atoms with E-state index >= 15 is 14.4 Å². The minimum Gasteiger partial charge on any atom is -0.467 e. The molecule has 1 aliphatic heterocycles. The van der Waals surface area contributed by atoms with Gasteiger partial charge in [-0.05, 0) is 340 Å². The molecule has 1 saturated heterocycles. The largest absolute Gasteiger partial charge is 0.467 e. The maximum Gasteiger partial charge on any atom is 0.329 e. The second kappa shape index (κ2) is 10.00. The average Bonchev–Trinajstić information content (AvgIpc) is 1.38. The number of benzene rings is 18. The van der Waals surface area contributed by atoms with Crippen molar-refractivity contribution < 1.29 is 28.7 Å². The van der Waals surface area contributed by atoms with Crippen molar-refractivity contribution in [2.24, 2.45) is 0 Å². The maximum absolute atomic E-state index is 16.8. The number of amides is 2. The lowest BCUT2D eigenvalue weighted by Crippen LogP contribution is -2.59. The highest BCUT2D eigenvalue weighted by molar-refractivity contribution is 6.82. The third-order valence-electron chi connectivity index (χ3n) is 29.1. The van der Waals surface area contributed by atoms with Crippen LogP contribution in [0.2, 0.25) is 0 Å². The number of likely N-dealkylation sites (tertiary alicyclic amines) is 1. The molecule has 0 aromatic heterocycles. The van der Waals surface area contributed by atoms with Crippen LogP contribution in [0.3, 0.4) is 0 Å². The fourth-order valence-corrected chi connectivity index (χ4v) is 28.1. The summed E-state index contributed by atoms with van der Waals surface area (Å²) in [5.41, 5.74) is 2.23. The van der Waals surface area contributed by atoms with E-state index in [1.54, 1.807) is 10.8 Å². The minimum atomic E-state index is -1.28. The van der Waals surface area contributed by atoms with Gasteiger partial charge in [0.2, 0.25) is 11.8 Å².